The van der Waals surface area contributed by atoms with E-state index in [0.29, 0.717) is 18.1 Å². The maximum atomic E-state index is 9.66. The zero-order valence-electron chi connectivity index (χ0n) is 10.8. The summed E-state index contributed by atoms with van der Waals surface area (Å²) in [7, 11) is 3.22. The number of hydrogen-bond donors (Lipinski definition) is 1. The molecule has 17 heavy (non-hydrogen) atoms. The van der Waals surface area contributed by atoms with Gasteiger partial charge in [0.2, 0.25) is 0 Å². The summed E-state index contributed by atoms with van der Waals surface area (Å²) in [4.78, 5) is 0. The third kappa shape index (κ3) is 3.91. The van der Waals surface area contributed by atoms with Gasteiger partial charge in [-0.05, 0) is 26.0 Å². The molecule has 0 aromatic heterocycles. The van der Waals surface area contributed by atoms with Crippen LogP contribution in [0.1, 0.15) is 25.5 Å². The van der Waals surface area contributed by atoms with E-state index in [1.807, 2.05) is 6.92 Å². The van der Waals surface area contributed by atoms with Crippen LogP contribution in [0.4, 0.5) is 0 Å². The summed E-state index contributed by atoms with van der Waals surface area (Å²) in [5.41, 5.74) is 0.744. The monoisotopic (exact) mass is 240 g/mol. The van der Waals surface area contributed by atoms with Crippen LogP contribution in [0.15, 0.2) is 18.2 Å². The first-order valence-electron chi connectivity index (χ1n) is 5.60. The predicted molar refractivity (Wildman–Crippen MR) is 65.6 cm³/mol. The first kappa shape index (κ1) is 13.8. The minimum atomic E-state index is -0.578. The highest BCUT2D eigenvalue weighted by atomic mass is 16.5. The molecular weight excluding hydrogens is 220 g/mol. The maximum Gasteiger partial charge on any atom is 0.129 e. The van der Waals surface area contributed by atoms with Crippen LogP contribution >= 0.6 is 0 Å². The number of aliphatic hydroxyl groups is 1. The SMILES string of the molecule is COCC(C)Oc1cc(OC)ccc1[C@@H](C)O. The third-order valence-corrected chi connectivity index (χ3v) is 2.40. The topological polar surface area (TPSA) is 47.9 Å². The second kappa shape index (κ2) is 6.47. The number of benzene rings is 1. The van der Waals surface area contributed by atoms with Crippen LogP contribution in [0.2, 0.25) is 0 Å². The Morgan fingerprint density at radius 1 is 1.24 bits per heavy atom. The van der Waals surface area contributed by atoms with Crippen molar-refractivity contribution in [2.45, 2.75) is 26.1 Å². The molecule has 0 saturated heterocycles. The minimum absolute atomic E-state index is 0.0791. The molecule has 0 saturated carbocycles. The molecule has 0 radical (unpaired) electrons. The highest BCUT2D eigenvalue weighted by molar-refractivity contribution is 5.41. The molecule has 1 rings (SSSR count). The van der Waals surface area contributed by atoms with Crippen molar-refractivity contribution >= 4 is 0 Å². The molecule has 0 amide bonds. The van der Waals surface area contributed by atoms with E-state index in [1.165, 1.54) is 0 Å². The molecule has 1 unspecified atom stereocenters. The van der Waals surface area contributed by atoms with Crippen molar-refractivity contribution in [1.29, 1.82) is 0 Å². The van der Waals surface area contributed by atoms with E-state index in [9.17, 15) is 5.11 Å². The molecule has 4 nitrogen and oxygen atoms in total. The number of methoxy groups -OCH3 is 2. The Balaban J connectivity index is 2.92. The average molecular weight is 240 g/mol. The summed E-state index contributed by atoms with van der Waals surface area (Å²) in [6.07, 6.45) is -0.657. The van der Waals surface area contributed by atoms with Crippen molar-refractivity contribution in [1.82, 2.24) is 0 Å². The van der Waals surface area contributed by atoms with E-state index in [1.54, 1.807) is 39.3 Å². The van der Waals surface area contributed by atoms with E-state index >= 15 is 0 Å². The Morgan fingerprint density at radius 3 is 2.47 bits per heavy atom. The molecule has 1 aromatic carbocycles. The van der Waals surface area contributed by atoms with Gasteiger partial charge in [-0.2, -0.15) is 0 Å². The number of aliphatic hydroxyl groups excluding tert-OH is 1. The Hall–Kier alpha value is -1.26. The highest BCUT2D eigenvalue weighted by Crippen LogP contribution is 2.30. The quantitative estimate of drug-likeness (QED) is 0.827. The molecule has 0 spiro atoms. The lowest BCUT2D eigenvalue weighted by molar-refractivity contribution is 0.0884. The van der Waals surface area contributed by atoms with Crippen LogP contribution in [-0.2, 0) is 4.74 Å². The van der Waals surface area contributed by atoms with Crippen LogP contribution in [0, 0.1) is 0 Å². The van der Waals surface area contributed by atoms with Gasteiger partial charge in [0.1, 0.15) is 17.6 Å². The number of hydrogen-bond acceptors (Lipinski definition) is 4. The molecule has 96 valence electrons. The van der Waals surface area contributed by atoms with E-state index < -0.39 is 6.10 Å². The molecular formula is C13H20O4. The molecule has 0 aliphatic carbocycles. The van der Waals surface area contributed by atoms with Crippen LogP contribution in [-0.4, -0.2) is 32.0 Å². The van der Waals surface area contributed by atoms with Crippen LogP contribution < -0.4 is 9.47 Å². The van der Waals surface area contributed by atoms with E-state index in [-0.39, 0.29) is 6.10 Å². The smallest absolute Gasteiger partial charge is 0.129 e. The first-order valence-corrected chi connectivity index (χ1v) is 5.60. The zero-order chi connectivity index (χ0) is 12.8. The largest absolute Gasteiger partial charge is 0.497 e. The van der Waals surface area contributed by atoms with Crippen LogP contribution in [0.5, 0.6) is 11.5 Å². The highest BCUT2D eigenvalue weighted by Gasteiger charge is 2.13. The zero-order valence-corrected chi connectivity index (χ0v) is 10.8. The summed E-state index contributed by atoms with van der Waals surface area (Å²) in [6.45, 7) is 4.11. The fourth-order valence-corrected chi connectivity index (χ4v) is 1.57. The van der Waals surface area contributed by atoms with Gasteiger partial charge in [0.25, 0.3) is 0 Å². The van der Waals surface area contributed by atoms with Crippen molar-refractivity contribution in [3.63, 3.8) is 0 Å². The van der Waals surface area contributed by atoms with Gasteiger partial charge in [-0.3, -0.25) is 0 Å². The molecule has 0 aliphatic rings. The fraction of sp³-hybridized carbons (Fsp3) is 0.538. The Kier molecular flexibility index (Phi) is 5.25. The van der Waals surface area contributed by atoms with Crippen LogP contribution in [0.25, 0.3) is 0 Å². The Morgan fingerprint density at radius 2 is 1.94 bits per heavy atom. The van der Waals surface area contributed by atoms with Crippen LogP contribution in [0.3, 0.4) is 0 Å². The second-order valence-electron chi connectivity index (χ2n) is 3.96. The standard InChI is InChI=1S/C13H20O4/c1-9(8-15-3)17-13-7-11(16-4)5-6-12(13)10(2)14/h5-7,9-10,14H,8H2,1-4H3/t9?,10-/m1/s1. The first-order chi connectivity index (χ1) is 8.08. The van der Waals surface area contributed by atoms with Gasteiger partial charge < -0.3 is 19.3 Å². The molecule has 0 aliphatic heterocycles. The molecule has 2 atom stereocenters. The van der Waals surface area contributed by atoms with Gasteiger partial charge in [-0.25, -0.2) is 0 Å². The number of ether oxygens (including phenoxy) is 3. The maximum absolute atomic E-state index is 9.66. The van der Waals surface area contributed by atoms with Crippen molar-refractivity contribution in [2.24, 2.45) is 0 Å². The summed E-state index contributed by atoms with van der Waals surface area (Å²) in [5, 5.41) is 9.66. The van der Waals surface area contributed by atoms with Crippen molar-refractivity contribution in [3.8, 4) is 11.5 Å². The van der Waals surface area contributed by atoms with Gasteiger partial charge in [0, 0.05) is 18.7 Å². The Labute approximate surface area is 102 Å². The lowest BCUT2D eigenvalue weighted by atomic mass is 10.1. The van der Waals surface area contributed by atoms with Gasteiger partial charge in [-0.15, -0.1) is 0 Å². The molecule has 1 N–H and O–H groups in total. The summed E-state index contributed by atoms with van der Waals surface area (Å²) in [6, 6.07) is 5.38. The normalized spacial score (nSPS) is 14.2. The number of rotatable bonds is 6. The second-order valence-corrected chi connectivity index (χ2v) is 3.96. The lowest BCUT2D eigenvalue weighted by Gasteiger charge is -2.18. The fourth-order valence-electron chi connectivity index (χ4n) is 1.57. The summed E-state index contributed by atoms with van der Waals surface area (Å²) in [5.74, 6) is 1.33. The molecule has 4 heteroatoms. The molecule has 0 fully saturated rings. The van der Waals surface area contributed by atoms with Gasteiger partial charge >= 0.3 is 0 Å². The third-order valence-electron chi connectivity index (χ3n) is 2.40. The Bertz CT molecular complexity index is 349. The average Bonchev–Trinajstić information content (AvgIpc) is 2.28. The molecule has 0 heterocycles. The summed E-state index contributed by atoms with van der Waals surface area (Å²) < 4.78 is 15.9. The van der Waals surface area contributed by atoms with Crippen molar-refractivity contribution in [3.05, 3.63) is 23.8 Å². The lowest BCUT2D eigenvalue weighted by Crippen LogP contribution is -2.19. The van der Waals surface area contributed by atoms with Gasteiger partial charge in [-0.1, -0.05) is 0 Å². The van der Waals surface area contributed by atoms with Gasteiger partial charge in [0.05, 0.1) is 19.8 Å². The van der Waals surface area contributed by atoms with E-state index in [2.05, 4.69) is 0 Å². The van der Waals surface area contributed by atoms with Crippen molar-refractivity contribution in [2.75, 3.05) is 20.8 Å². The summed E-state index contributed by atoms with van der Waals surface area (Å²) >= 11 is 0. The van der Waals surface area contributed by atoms with E-state index in [0.717, 1.165) is 5.56 Å². The predicted octanol–water partition coefficient (Wildman–Crippen LogP) is 2.16. The van der Waals surface area contributed by atoms with E-state index in [4.69, 9.17) is 14.2 Å². The minimum Gasteiger partial charge on any atom is -0.497 e. The van der Waals surface area contributed by atoms with Crippen molar-refractivity contribution < 1.29 is 19.3 Å². The molecule has 1 aromatic rings. The molecule has 0 bridgehead atoms. The van der Waals surface area contributed by atoms with Gasteiger partial charge in [0.15, 0.2) is 0 Å².